The number of rotatable bonds is 4. The lowest BCUT2D eigenvalue weighted by atomic mass is 9.72. The van der Waals surface area contributed by atoms with Gasteiger partial charge in [-0.2, -0.15) is 0 Å². The average molecular weight is 370 g/mol. The molecule has 0 aliphatic heterocycles. The molecule has 3 aromatic rings. The van der Waals surface area contributed by atoms with Crippen LogP contribution in [0.1, 0.15) is 50.7 Å². The van der Waals surface area contributed by atoms with E-state index in [0.717, 1.165) is 11.6 Å². The molecular weight excluding hydrogens is 338 g/mol. The molecule has 0 amide bonds. The maximum Gasteiger partial charge on any atom is 0.0710 e. The van der Waals surface area contributed by atoms with Gasteiger partial charge in [0.25, 0.3) is 0 Å². The number of nitrogens with zero attached hydrogens (tertiary/aromatic N) is 1. The van der Waals surface area contributed by atoms with E-state index >= 15 is 0 Å². The SMILES string of the molecule is Cc1ccccc1-c1cc(-c2ccc(CC3CCC(C)(C)CC3)cc2)ccn1. The fraction of sp³-hybridized carbons (Fsp3) is 0.370. The topological polar surface area (TPSA) is 12.9 Å². The molecule has 144 valence electrons. The van der Waals surface area contributed by atoms with E-state index in [1.807, 2.05) is 6.20 Å². The van der Waals surface area contributed by atoms with Crippen molar-refractivity contribution in [3.05, 3.63) is 78.0 Å². The van der Waals surface area contributed by atoms with Crippen molar-refractivity contribution in [2.75, 3.05) is 0 Å². The van der Waals surface area contributed by atoms with Gasteiger partial charge in [0.15, 0.2) is 0 Å². The first kappa shape index (κ1) is 18.9. The van der Waals surface area contributed by atoms with E-state index in [2.05, 4.69) is 86.4 Å². The molecule has 1 saturated carbocycles. The smallest absolute Gasteiger partial charge is 0.0710 e. The molecule has 1 heteroatoms. The van der Waals surface area contributed by atoms with Gasteiger partial charge in [-0.05, 0) is 84.7 Å². The van der Waals surface area contributed by atoms with Crippen LogP contribution in [0, 0.1) is 18.3 Å². The third-order valence-corrected chi connectivity index (χ3v) is 6.45. The predicted molar refractivity (Wildman–Crippen MR) is 119 cm³/mol. The van der Waals surface area contributed by atoms with Crippen LogP contribution in [0.3, 0.4) is 0 Å². The van der Waals surface area contributed by atoms with Gasteiger partial charge >= 0.3 is 0 Å². The van der Waals surface area contributed by atoms with Gasteiger partial charge in [0.2, 0.25) is 0 Å². The second kappa shape index (κ2) is 7.91. The van der Waals surface area contributed by atoms with Crippen LogP contribution in [0.15, 0.2) is 66.9 Å². The standard InChI is InChI=1S/C27H31N/c1-20-6-4-5-7-25(20)26-19-24(14-17-28-26)23-10-8-21(9-11-23)18-22-12-15-27(2,3)16-13-22/h4-11,14,17,19,22H,12-13,15-16,18H2,1-3H3. The summed E-state index contributed by atoms with van der Waals surface area (Å²) in [4.78, 5) is 4.60. The van der Waals surface area contributed by atoms with E-state index in [0.29, 0.717) is 5.41 Å². The first-order valence-corrected chi connectivity index (χ1v) is 10.6. The Bertz CT molecular complexity index is 926. The van der Waals surface area contributed by atoms with Crippen molar-refractivity contribution >= 4 is 0 Å². The highest BCUT2D eigenvalue weighted by Gasteiger charge is 2.26. The number of aryl methyl sites for hydroxylation is 1. The molecule has 1 nitrogen and oxygen atoms in total. The molecule has 0 radical (unpaired) electrons. The number of pyridine rings is 1. The third-order valence-electron chi connectivity index (χ3n) is 6.45. The van der Waals surface area contributed by atoms with Gasteiger partial charge in [-0.15, -0.1) is 0 Å². The van der Waals surface area contributed by atoms with Crippen LogP contribution in [0.4, 0.5) is 0 Å². The average Bonchev–Trinajstić information content (AvgIpc) is 2.71. The molecule has 0 bridgehead atoms. The van der Waals surface area contributed by atoms with Crippen LogP contribution in [0.25, 0.3) is 22.4 Å². The molecule has 4 rings (SSSR count). The molecule has 2 aromatic carbocycles. The second-order valence-electron chi connectivity index (χ2n) is 9.25. The molecule has 1 fully saturated rings. The number of aromatic nitrogens is 1. The lowest BCUT2D eigenvalue weighted by Crippen LogP contribution is -2.22. The van der Waals surface area contributed by atoms with Crippen LogP contribution >= 0.6 is 0 Å². The quantitative estimate of drug-likeness (QED) is 0.464. The fourth-order valence-electron chi connectivity index (χ4n) is 4.45. The van der Waals surface area contributed by atoms with E-state index in [1.54, 1.807) is 0 Å². The molecule has 0 unspecified atom stereocenters. The van der Waals surface area contributed by atoms with Gasteiger partial charge in [0.1, 0.15) is 0 Å². The third kappa shape index (κ3) is 4.35. The van der Waals surface area contributed by atoms with Crippen LogP contribution in [-0.2, 0) is 6.42 Å². The predicted octanol–water partition coefficient (Wildman–Crippen LogP) is 7.48. The van der Waals surface area contributed by atoms with Gasteiger partial charge in [0.05, 0.1) is 5.69 Å². The Morgan fingerprint density at radius 1 is 0.893 bits per heavy atom. The summed E-state index contributed by atoms with van der Waals surface area (Å²) in [6, 6.07) is 22.0. The summed E-state index contributed by atoms with van der Waals surface area (Å²) >= 11 is 0. The number of hydrogen-bond donors (Lipinski definition) is 0. The van der Waals surface area contributed by atoms with Crippen molar-refractivity contribution < 1.29 is 0 Å². The van der Waals surface area contributed by atoms with Crippen LogP contribution < -0.4 is 0 Å². The van der Waals surface area contributed by atoms with E-state index < -0.39 is 0 Å². The van der Waals surface area contributed by atoms with E-state index in [-0.39, 0.29) is 0 Å². The molecule has 1 aromatic heterocycles. The molecule has 1 aliphatic carbocycles. The van der Waals surface area contributed by atoms with Crippen molar-refractivity contribution in [2.24, 2.45) is 11.3 Å². The first-order chi connectivity index (χ1) is 13.5. The van der Waals surface area contributed by atoms with Crippen LogP contribution in [-0.4, -0.2) is 4.98 Å². The maximum atomic E-state index is 4.60. The van der Waals surface area contributed by atoms with Crippen LogP contribution in [0.5, 0.6) is 0 Å². The van der Waals surface area contributed by atoms with Gasteiger partial charge in [-0.1, -0.05) is 62.4 Å². The first-order valence-electron chi connectivity index (χ1n) is 10.6. The summed E-state index contributed by atoms with van der Waals surface area (Å²) < 4.78 is 0. The van der Waals surface area contributed by atoms with E-state index in [1.165, 1.54) is 59.9 Å². The van der Waals surface area contributed by atoms with Crippen molar-refractivity contribution in [1.29, 1.82) is 0 Å². The fourth-order valence-corrected chi connectivity index (χ4v) is 4.45. The minimum Gasteiger partial charge on any atom is -0.256 e. The molecule has 0 atom stereocenters. The highest BCUT2D eigenvalue weighted by molar-refractivity contribution is 5.71. The molecule has 0 N–H and O–H groups in total. The largest absolute Gasteiger partial charge is 0.256 e. The molecular formula is C27H31N. The minimum atomic E-state index is 0.552. The lowest BCUT2D eigenvalue weighted by molar-refractivity contribution is 0.191. The summed E-state index contributed by atoms with van der Waals surface area (Å²) in [6.45, 7) is 6.97. The lowest BCUT2D eigenvalue weighted by Gasteiger charge is -2.34. The zero-order valence-corrected chi connectivity index (χ0v) is 17.4. The molecule has 0 spiro atoms. The van der Waals surface area contributed by atoms with Gasteiger partial charge in [-0.3, -0.25) is 4.98 Å². The van der Waals surface area contributed by atoms with Gasteiger partial charge < -0.3 is 0 Å². The Morgan fingerprint density at radius 3 is 2.32 bits per heavy atom. The summed E-state index contributed by atoms with van der Waals surface area (Å²) in [5.41, 5.74) is 8.05. The summed E-state index contributed by atoms with van der Waals surface area (Å²) in [6.07, 6.45) is 8.64. The van der Waals surface area contributed by atoms with Crippen LogP contribution in [0.2, 0.25) is 0 Å². The van der Waals surface area contributed by atoms with Crippen molar-refractivity contribution in [2.45, 2.75) is 52.9 Å². The summed E-state index contributed by atoms with van der Waals surface area (Å²) in [7, 11) is 0. The van der Waals surface area contributed by atoms with Gasteiger partial charge in [-0.25, -0.2) is 0 Å². The zero-order chi connectivity index (χ0) is 19.6. The Balaban J connectivity index is 1.49. The highest BCUT2D eigenvalue weighted by atomic mass is 14.7. The summed E-state index contributed by atoms with van der Waals surface area (Å²) in [5.74, 6) is 0.854. The minimum absolute atomic E-state index is 0.552. The van der Waals surface area contributed by atoms with Crippen molar-refractivity contribution in [1.82, 2.24) is 4.98 Å². The molecule has 1 heterocycles. The highest BCUT2D eigenvalue weighted by Crippen LogP contribution is 2.39. The zero-order valence-electron chi connectivity index (χ0n) is 17.4. The number of benzene rings is 2. The Kier molecular flexibility index (Phi) is 5.35. The normalized spacial score (nSPS) is 16.8. The van der Waals surface area contributed by atoms with Crippen molar-refractivity contribution in [3.63, 3.8) is 0 Å². The van der Waals surface area contributed by atoms with E-state index in [9.17, 15) is 0 Å². The Morgan fingerprint density at radius 2 is 1.61 bits per heavy atom. The molecule has 28 heavy (non-hydrogen) atoms. The Labute approximate surface area is 169 Å². The summed E-state index contributed by atoms with van der Waals surface area (Å²) in [5, 5.41) is 0. The van der Waals surface area contributed by atoms with Crippen molar-refractivity contribution in [3.8, 4) is 22.4 Å². The molecule has 0 saturated heterocycles. The van der Waals surface area contributed by atoms with E-state index in [4.69, 9.17) is 0 Å². The monoisotopic (exact) mass is 369 g/mol. The maximum absolute atomic E-state index is 4.60. The Hall–Kier alpha value is -2.41. The molecule has 1 aliphatic rings. The number of hydrogen-bond acceptors (Lipinski definition) is 1. The second-order valence-corrected chi connectivity index (χ2v) is 9.25. The van der Waals surface area contributed by atoms with Gasteiger partial charge in [0, 0.05) is 11.8 Å².